The lowest BCUT2D eigenvalue weighted by Crippen LogP contribution is -2.31. The fraction of sp³-hybridized carbons (Fsp3) is 0.600. The maximum Gasteiger partial charge on any atom is 0.353 e. The standard InChI is InChI=1S/C10H15N5O2/c1-7-12-9(11)8(15(16)17)10(13-7)14-5-3-2-4-6-14/h2-6H2,1H3,(H2,11,12,13). The van der Waals surface area contributed by atoms with Crippen molar-refractivity contribution >= 4 is 17.3 Å². The number of nitrogens with two attached hydrogens (primary N) is 1. The van der Waals surface area contributed by atoms with Gasteiger partial charge in [0.25, 0.3) is 0 Å². The highest BCUT2D eigenvalue weighted by atomic mass is 16.6. The van der Waals surface area contributed by atoms with E-state index in [1.165, 1.54) is 0 Å². The summed E-state index contributed by atoms with van der Waals surface area (Å²) in [4.78, 5) is 20.5. The van der Waals surface area contributed by atoms with E-state index in [9.17, 15) is 10.1 Å². The Morgan fingerprint density at radius 1 is 1.29 bits per heavy atom. The van der Waals surface area contributed by atoms with E-state index in [1.807, 2.05) is 4.90 Å². The van der Waals surface area contributed by atoms with Crippen molar-refractivity contribution in [1.82, 2.24) is 9.97 Å². The van der Waals surface area contributed by atoms with Gasteiger partial charge in [0.05, 0.1) is 4.92 Å². The Balaban J connectivity index is 2.46. The summed E-state index contributed by atoms with van der Waals surface area (Å²) in [7, 11) is 0. The van der Waals surface area contributed by atoms with Gasteiger partial charge in [0, 0.05) is 13.1 Å². The van der Waals surface area contributed by atoms with Crippen molar-refractivity contribution in [2.24, 2.45) is 0 Å². The first-order valence-electron chi connectivity index (χ1n) is 5.63. The Bertz CT molecular complexity index is 443. The van der Waals surface area contributed by atoms with Crippen LogP contribution in [0, 0.1) is 17.0 Å². The van der Waals surface area contributed by atoms with Crippen LogP contribution in [0.3, 0.4) is 0 Å². The van der Waals surface area contributed by atoms with Crippen LogP contribution < -0.4 is 10.6 Å². The molecule has 2 rings (SSSR count). The van der Waals surface area contributed by atoms with Gasteiger partial charge in [-0.1, -0.05) is 0 Å². The third kappa shape index (κ3) is 2.27. The molecule has 0 radical (unpaired) electrons. The molecule has 1 aromatic rings. The molecule has 1 aromatic heterocycles. The molecular weight excluding hydrogens is 222 g/mol. The van der Waals surface area contributed by atoms with E-state index in [0.29, 0.717) is 11.6 Å². The highest BCUT2D eigenvalue weighted by Crippen LogP contribution is 2.32. The number of piperidine rings is 1. The number of nitro groups is 1. The van der Waals surface area contributed by atoms with E-state index in [0.717, 1.165) is 32.4 Å². The fourth-order valence-corrected chi connectivity index (χ4v) is 2.07. The van der Waals surface area contributed by atoms with Gasteiger partial charge in [0.2, 0.25) is 11.6 Å². The second kappa shape index (κ2) is 4.52. The van der Waals surface area contributed by atoms with E-state index in [1.54, 1.807) is 6.92 Å². The van der Waals surface area contributed by atoms with Crippen LogP contribution in [0.4, 0.5) is 17.3 Å². The van der Waals surface area contributed by atoms with Gasteiger partial charge in [-0.25, -0.2) is 9.97 Å². The van der Waals surface area contributed by atoms with E-state index in [4.69, 9.17) is 5.73 Å². The smallest absolute Gasteiger partial charge is 0.353 e. The summed E-state index contributed by atoms with van der Waals surface area (Å²) in [5, 5.41) is 11.0. The van der Waals surface area contributed by atoms with Gasteiger partial charge in [-0.2, -0.15) is 0 Å². The lowest BCUT2D eigenvalue weighted by molar-refractivity contribution is -0.383. The Hall–Kier alpha value is -1.92. The monoisotopic (exact) mass is 237 g/mol. The van der Waals surface area contributed by atoms with Crippen molar-refractivity contribution in [1.29, 1.82) is 0 Å². The molecule has 0 spiro atoms. The van der Waals surface area contributed by atoms with Gasteiger partial charge in [0.1, 0.15) is 5.82 Å². The number of nitrogen functional groups attached to an aromatic ring is 1. The van der Waals surface area contributed by atoms with E-state index < -0.39 is 4.92 Å². The molecule has 92 valence electrons. The third-order valence-corrected chi connectivity index (χ3v) is 2.84. The minimum Gasteiger partial charge on any atom is -0.378 e. The second-order valence-electron chi connectivity index (χ2n) is 4.13. The number of nitrogens with zero attached hydrogens (tertiary/aromatic N) is 4. The predicted octanol–water partition coefficient (Wildman–Crippen LogP) is 1.27. The minimum atomic E-state index is -0.501. The molecule has 17 heavy (non-hydrogen) atoms. The Morgan fingerprint density at radius 3 is 2.53 bits per heavy atom. The molecule has 1 aliphatic rings. The lowest BCUT2D eigenvalue weighted by atomic mass is 10.1. The van der Waals surface area contributed by atoms with Gasteiger partial charge in [-0.05, 0) is 26.2 Å². The van der Waals surface area contributed by atoms with Gasteiger partial charge in [0.15, 0.2) is 0 Å². The molecule has 1 saturated heterocycles. The van der Waals surface area contributed by atoms with E-state index in [2.05, 4.69) is 9.97 Å². The Morgan fingerprint density at radius 2 is 1.94 bits per heavy atom. The van der Waals surface area contributed by atoms with Crippen molar-refractivity contribution in [3.8, 4) is 0 Å². The largest absolute Gasteiger partial charge is 0.378 e. The zero-order chi connectivity index (χ0) is 12.4. The maximum absolute atomic E-state index is 11.0. The zero-order valence-corrected chi connectivity index (χ0v) is 9.72. The summed E-state index contributed by atoms with van der Waals surface area (Å²) in [5.41, 5.74) is 5.44. The van der Waals surface area contributed by atoms with Crippen molar-refractivity contribution in [3.63, 3.8) is 0 Å². The van der Waals surface area contributed by atoms with Crippen molar-refractivity contribution in [3.05, 3.63) is 15.9 Å². The van der Waals surface area contributed by atoms with Crippen LogP contribution in [-0.4, -0.2) is 28.0 Å². The molecule has 0 bridgehead atoms. The van der Waals surface area contributed by atoms with Crippen molar-refractivity contribution < 1.29 is 4.92 Å². The first-order chi connectivity index (χ1) is 8.09. The van der Waals surface area contributed by atoms with Gasteiger partial charge in [-0.15, -0.1) is 0 Å². The van der Waals surface area contributed by atoms with Crippen LogP contribution in [0.25, 0.3) is 0 Å². The molecule has 1 aliphatic heterocycles. The number of rotatable bonds is 2. The first-order valence-corrected chi connectivity index (χ1v) is 5.63. The van der Waals surface area contributed by atoms with Crippen LogP contribution in [0.2, 0.25) is 0 Å². The van der Waals surface area contributed by atoms with Crippen LogP contribution in [0.5, 0.6) is 0 Å². The van der Waals surface area contributed by atoms with Gasteiger partial charge < -0.3 is 10.6 Å². The van der Waals surface area contributed by atoms with E-state index in [-0.39, 0.29) is 11.5 Å². The summed E-state index contributed by atoms with van der Waals surface area (Å²) in [5.74, 6) is 0.774. The number of aromatic nitrogens is 2. The Kier molecular flexibility index (Phi) is 3.08. The third-order valence-electron chi connectivity index (χ3n) is 2.84. The molecular formula is C10H15N5O2. The number of anilines is 2. The first kappa shape index (κ1) is 11.6. The summed E-state index contributed by atoms with van der Waals surface area (Å²) in [6, 6.07) is 0. The predicted molar refractivity (Wildman–Crippen MR) is 63.9 cm³/mol. The van der Waals surface area contributed by atoms with Gasteiger partial charge >= 0.3 is 5.69 Å². The SMILES string of the molecule is Cc1nc(N)c([N+](=O)[O-])c(N2CCCCC2)n1. The molecule has 0 aromatic carbocycles. The number of aryl methyl sites for hydroxylation is 1. The van der Waals surface area contributed by atoms with Crippen LogP contribution in [0.15, 0.2) is 0 Å². The fourth-order valence-electron chi connectivity index (χ4n) is 2.07. The topological polar surface area (TPSA) is 98.2 Å². The van der Waals surface area contributed by atoms with Crippen LogP contribution in [0.1, 0.15) is 25.1 Å². The number of hydrogen-bond acceptors (Lipinski definition) is 6. The summed E-state index contributed by atoms with van der Waals surface area (Å²) < 4.78 is 0. The summed E-state index contributed by atoms with van der Waals surface area (Å²) >= 11 is 0. The molecule has 0 atom stereocenters. The average molecular weight is 237 g/mol. The molecule has 0 unspecified atom stereocenters. The quantitative estimate of drug-likeness (QED) is 0.614. The van der Waals surface area contributed by atoms with E-state index >= 15 is 0 Å². The molecule has 0 amide bonds. The van der Waals surface area contributed by atoms with Crippen LogP contribution in [-0.2, 0) is 0 Å². The number of hydrogen-bond donors (Lipinski definition) is 1. The average Bonchev–Trinajstić information content (AvgIpc) is 2.28. The molecule has 0 saturated carbocycles. The van der Waals surface area contributed by atoms with Crippen molar-refractivity contribution in [2.75, 3.05) is 23.7 Å². The highest BCUT2D eigenvalue weighted by Gasteiger charge is 2.27. The molecule has 7 nitrogen and oxygen atoms in total. The molecule has 2 N–H and O–H groups in total. The summed E-state index contributed by atoms with van der Waals surface area (Å²) in [6.07, 6.45) is 3.21. The van der Waals surface area contributed by atoms with Gasteiger partial charge in [-0.3, -0.25) is 10.1 Å². The highest BCUT2D eigenvalue weighted by molar-refractivity contribution is 5.69. The zero-order valence-electron chi connectivity index (χ0n) is 9.72. The van der Waals surface area contributed by atoms with Crippen molar-refractivity contribution in [2.45, 2.75) is 26.2 Å². The van der Waals surface area contributed by atoms with Crippen LogP contribution >= 0.6 is 0 Å². The normalized spacial score (nSPS) is 15.9. The minimum absolute atomic E-state index is 0.0527. The molecule has 7 heteroatoms. The Labute approximate surface area is 98.8 Å². The molecule has 0 aliphatic carbocycles. The molecule has 1 fully saturated rings. The summed E-state index contributed by atoms with van der Waals surface area (Å²) in [6.45, 7) is 3.26. The maximum atomic E-state index is 11.0. The molecule has 2 heterocycles. The lowest BCUT2D eigenvalue weighted by Gasteiger charge is -2.27. The second-order valence-corrected chi connectivity index (χ2v) is 4.13.